The van der Waals surface area contributed by atoms with Crippen molar-refractivity contribution in [2.75, 3.05) is 33.3 Å². The van der Waals surface area contributed by atoms with Gasteiger partial charge in [-0.2, -0.15) is 0 Å². The predicted octanol–water partition coefficient (Wildman–Crippen LogP) is 2.49. The van der Waals surface area contributed by atoms with Crippen LogP contribution in [0.4, 0.5) is 0 Å². The third-order valence-corrected chi connectivity index (χ3v) is 4.14. The number of hydrogen-bond acceptors (Lipinski definition) is 5. The van der Waals surface area contributed by atoms with Gasteiger partial charge in [-0.15, -0.1) is 36.2 Å². The Kier molecular flexibility index (Phi) is 9.96. The zero-order chi connectivity index (χ0) is 12.1. The monoisotopic (exact) mass is 327 g/mol. The van der Waals surface area contributed by atoms with Crippen LogP contribution in [0.15, 0.2) is 5.38 Å². The zero-order valence-electron chi connectivity index (χ0n) is 11.4. The number of nitrogens with one attached hydrogen (secondary N) is 1. The van der Waals surface area contributed by atoms with Gasteiger partial charge in [0.2, 0.25) is 0 Å². The molecule has 0 spiro atoms. The molecule has 1 aromatic rings. The Balaban J connectivity index is 0.00000162. The summed E-state index contributed by atoms with van der Waals surface area (Å²) < 4.78 is 5.28. The molecule has 19 heavy (non-hydrogen) atoms. The average molecular weight is 328 g/mol. The number of ether oxygens (including phenoxy) is 1. The quantitative estimate of drug-likeness (QED) is 0.921. The summed E-state index contributed by atoms with van der Waals surface area (Å²) in [6, 6.07) is 0. The Bertz CT molecular complexity index is 343. The van der Waals surface area contributed by atoms with Crippen molar-refractivity contribution in [2.24, 2.45) is 0 Å². The minimum Gasteiger partial charge on any atom is -0.375 e. The van der Waals surface area contributed by atoms with Gasteiger partial charge in [-0.3, -0.25) is 4.90 Å². The van der Waals surface area contributed by atoms with Crippen molar-refractivity contribution in [1.82, 2.24) is 15.2 Å². The normalized spacial score (nSPS) is 18.0. The number of nitrogens with zero attached hydrogens (tertiary/aromatic N) is 2. The van der Waals surface area contributed by atoms with Crippen LogP contribution in [-0.2, 0) is 11.3 Å². The first kappa shape index (κ1) is 19.1. The van der Waals surface area contributed by atoms with Gasteiger partial charge in [-0.1, -0.05) is 0 Å². The van der Waals surface area contributed by atoms with Crippen molar-refractivity contribution >= 4 is 36.2 Å². The van der Waals surface area contributed by atoms with Crippen molar-refractivity contribution in [1.29, 1.82) is 0 Å². The minimum absolute atomic E-state index is 0. The molecule has 1 saturated heterocycles. The van der Waals surface area contributed by atoms with E-state index in [9.17, 15) is 0 Å². The largest absolute Gasteiger partial charge is 0.375 e. The fourth-order valence-corrected chi connectivity index (χ4v) is 2.81. The van der Waals surface area contributed by atoms with E-state index in [4.69, 9.17) is 4.74 Å². The molecule has 1 atom stereocenters. The van der Waals surface area contributed by atoms with Crippen LogP contribution in [0, 0.1) is 0 Å². The fourth-order valence-electron chi connectivity index (χ4n) is 1.97. The summed E-state index contributed by atoms with van der Waals surface area (Å²) in [6.07, 6.45) is 1.34. The van der Waals surface area contributed by atoms with Gasteiger partial charge in [0, 0.05) is 32.1 Å². The van der Waals surface area contributed by atoms with E-state index in [0.29, 0.717) is 0 Å². The van der Waals surface area contributed by atoms with Crippen LogP contribution in [0.5, 0.6) is 0 Å². The fraction of sp³-hybridized carbons (Fsp3) is 0.750. The molecule has 0 radical (unpaired) electrons. The SMILES string of the molecule is COC(C)c1nc(CN2CCCNCC2)cs1.Cl.Cl. The van der Waals surface area contributed by atoms with Gasteiger partial charge in [0.1, 0.15) is 11.1 Å². The van der Waals surface area contributed by atoms with Crippen LogP contribution in [0.1, 0.15) is 30.2 Å². The Labute approximate surface area is 131 Å². The molecule has 0 amide bonds. The second-order valence-electron chi connectivity index (χ2n) is 4.43. The van der Waals surface area contributed by atoms with E-state index >= 15 is 0 Å². The predicted molar refractivity (Wildman–Crippen MR) is 84.8 cm³/mol. The molecule has 0 aliphatic carbocycles. The van der Waals surface area contributed by atoms with E-state index in [0.717, 1.165) is 31.2 Å². The van der Waals surface area contributed by atoms with Crippen LogP contribution in [0.2, 0.25) is 0 Å². The van der Waals surface area contributed by atoms with E-state index in [-0.39, 0.29) is 30.9 Å². The maximum atomic E-state index is 5.28. The van der Waals surface area contributed by atoms with Crippen molar-refractivity contribution < 1.29 is 4.74 Å². The molecule has 1 aliphatic rings. The van der Waals surface area contributed by atoms with Crippen molar-refractivity contribution in [3.63, 3.8) is 0 Å². The highest BCUT2D eigenvalue weighted by Gasteiger charge is 2.13. The topological polar surface area (TPSA) is 37.4 Å². The van der Waals surface area contributed by atoms with Crippen LogP contribution in [0.3, 0.4) is 0 Å². The molecule has 1 unspecified atom stereocenters. The lowest BCUT2D eigenvalue weighted by Crippen LogP contribution is -2.27. The average Bonchev–Trinajstić information content (AvgIpc) is 2.65. The molecule has 2 heterocycles. The Morgan fingerprint density at radius 2 is 2.21 bits per heavy atom. The highest BCUT2D eigenvalue weighted by atomic mass is 35.5. The second kappa shape index (κ2) is 9.91. The minimum atomic E-state index is 0. The summed E-state index contributed by atoms with van der Waals surface area (Å²) >= 11 is 1.70. The summed E-state index contributed by atoms with van der Waals surface area (Å²) in [5.41, 5.74) is 1.18. The maximum absolute atomic E-state index is 5.28. The Hall–Kier alpha value is 0.0900. The van der Waals surface area contributed by atoms with Gasteiger partial charge >= 0.3 is 0 Å². The Morgan fingerprint density at radius 3 is 2.95 bits per heavy atom. The van der Waals surface area contributed by atoms with E-state index < -0.39 is 0 Å². The van der Waals surface area contributed by atoms with Crippen LogP contribution < -0.4 is 5.32 Å². The first-order chi connectivity index (χ1) is 8.29. The van der Waals surface area contributed by atoms with Crippen molar-refractivity contribution in [3.8, 4) is 0 Å². The third kappa shape index (κ3) is 5.94. The van der Waals surface area contributed by atoms with Gasteiger partial charge in [0.05, 0.1) is 5.69 Å². The molecular weight excluding hydrogens is 305 g/mol. The molecule has 2 rings (SSSR count). The molecule has 0 saturated carbocycles. The first-order valence-corrected chi connectivity index (χ1v) is 7.07. The van der Waals surface area contributed by atoms with E-state index in [1.165, 1.54) is 18.7 Å². The number of thiazole rings is 1. The van der Waals surface area contributed by atoms with Crippen molar-refractivity contribution in [2.45, 2.75) is 26.0 Å². The summed E-state index contributed by atoms with van der Waals surface area (Å²) in [5, 5.41) is 6.65. The van der Waals surface area contributed by atoms with E-state index in [1.54, 1.807) is 18.4 Å². The summed E-state index contributed by atoms with van der Waals surface area (Å²) in [6.45, 7) is 7.52. The number of halogens is 2. The molecule has 1 fully saturated rings. The molecule has 0 bridgehead atoms. The van der Waals surface area contributed by atoms with Crippen LogP contribution in [0.25, 0.3) is 0 Å². The molecule has 112 valence electrons. The summed E-state index contributed by atoms with van der Waals surface area (Å²) in [7, 11) is 1.73. The molecular formula is C12H23Cl2N3OS. The smallest absolute Gasteiger partial charge is 0.122 e. The van der Waals surface area contributed by atoms with Gasteiger partial charge in [-0.25, -0.2) is 4.98 Å². The molecule has 4 nitrogen and oxygen atoms in total. The molecule has 1 N–H and O–H groups in total. The lowest BCUT2D eigenvalue weighted by molar-refractivity contribution is 0.119. The number of aromatic nitrogens is 1. The number of methoxy groups -OCH3 is 1. The maximum Gasteiger partial charge on any atom is 0.122 e. The van der Waals surface area contributed by atoms with E-state index in [1.807, 2.05) is 6.92 Å². The second-order valence-corrected chi connectivity index (χ2v) is 5.32. The van der Waals surface area contributed by atoms with Gasteiger partial charge < -0.3 is 10.1 Å². The summed E-state index contributed by atoms with van der Waals surface area (Å²) in [5.74, 6) is 0. The lowest BCUT2D eigenvalue weighted by atomic mass is 10.3. The van der Waals surface area contributed by atoms with Gasteiger partial charge in [0.25, 0.3) is 0 Å². The zero-order valence-corrected chi connectivity index (χ0v) is 13.9. The third-order valence-electron chi connectivity index (χ3n) is 3.09. The molecule has 1 aliphatic heterocycles. The molecule has 0 aromatic carbocycles. The molecule has 7 heteroatoms. The highest BCUT2D eigenvalue weighted by molar-refractivity contribution is 7.09. The van der Waals surface area contributed by atoms with Crippen LogP contribution in [-0.4, -0.2) is 43.2 Å². The first-order valence-electron chi connectivity index (χ1n) is 6.20. The number of hydrogen-bond donors (Lipinski definition) is 1. The van der Waals surface area contributed by atoms with Crippen LogP contribution >= 0.6 is 36.2 Å². The lowest BCUT2D eigenvalue weighted by Gasteiger charge is -2.17. The standard InChI is InChI=1S/C12H21N3OS.2ClH/c1-10(16-2)12-14-11(9-17-12)8-15-6-3-4-13-5-7-15;;/h9-10,13H,3-8H2,1-2H3;2*1H. The molecule has 1 aromatic heterocycles. The highest BCUT2D eigenvalue weighted by Crippen LogP contribution is 2.21. The summed E-state index contributed by atoms with van der Waals surface area (Å²) in [4.78, 5) is 7.11. The number of rotatable bonds is 4. The van der Waals surface area contributed by atoms with Gasteiger partial charge in [-0.05, 0) is 26.4 Å². The van der Waals surface area contributed by atoms with Crippen molar-refractivity contribution in [3.05, 3.63) is 16.1 Å². The van der Waals surface area contributed by atoms with Gasteiger partial charge in [0.15, 0.2) is 0 Å². The Morgan fingerprint density at radius 1 is 1.42 bits per heavy atom. The van der Waals surface area contributed by atoms with E-state index in [2.05, 4.69) is 20.6 Å².